The zero-order chi connectivity index (χ0) is 13.7. The summed E-state index contributed by atoms with van der Waals surface area (Å²) in [7, 11) is 1.68. The first kappa shape index (κ1) is 14.4. The highest BCUT2D eigenvalue weighted by Crippen LogP contribution is 2.28. The van der Waals surface area contributed by atoms with Crippen molar-refractivity contribution in [3.63, 3.8) is 0 Å². The van der Waals surface area contributed by atoms with Crippen LogP contribution in [-0.4, -0.2) is 24.4 Å². The fraction of sp³-hybridized carbons (Fsp3) is 0.625. The van der Waals surface area contributed by atoms with Gasteiger partial charge in [0.25, 0.3) is 0 Å². The lowest BCUT2D eigenvalue weighted by Gasteiger charge is -2.33. The van der Waals surface area contributed by atoms with Crippen LogP contribution in [0.3, 0.4) is 0 Å². The average Bonchev–Trinajstić information content (AvgIpc) is 2.46. The maximum atomic E-state index is 10.5. The molecule has 0 unspecified atom stereocenters. The van der Waals surface area contributed by atoms with Crippen LogP contribution in [0.15, 0.2) is 24.3 Å². The van der Waals surface area contributed by atoms with Gasteiger partial charge in [-0.1, -0.05) is 31.4 Å². The molecule has 2 N–H and O–H groups in total. The fourth-order valence-electron chi connectivity index (χ4n) is 2.76. The predicted molar refractivity (Wildman–Crippen MR) is 77.4 cm³/mol. The van der Waals surface area contributed by atoms with Gasteiger partial charge < -0.3 is 15.2 Å². The minimum absolute atomic E-state index is 0.223. The Balaban J connectivity index is 1.91. The van der Waals surface area contributed by atoms with Crippen LogP contribution in [0.2, 0.25) is 0 Å². The Kier molecular flexibility index (Phi) is 4.83. The van der Waals surface area contributed by atoms with Crippen LogP contribution in [-0.2, 0) is 0 Å². The molecule has 1 aromatic rings. The van der Waals surface area contributed by atoms with Crippen molar-refractivity contribution in [3.8, 4) is 5.75 Å². The van der Waals surface area contributed by atoms with Gasteiger partial charge in [0.2, 0.25) is 0 Å². The zero-order valence-corrected chi connectivity index (χ0v) is 12.0. The molecule has 2 rings (SSSR count). The van der Waals surface area contributed by atoms with E-state index < -0.39 is 5.60 Å². The van der Waals surface area contributed by atoms with Gasteiger partial charge in [-0.2, -0.15) is 0 Å². The average molecular weight is 263 g/mol. The SMILES string of the molecule is COc1cccc([C@@H](C)NCC2(O)CCCCC2)c1. The number of aliphatic hydroxyl groups is 1. The molecule has 1 aliphatic rings. The molecule has 0 radical (unpaired) electrons. The second-order valence-corrected chi connectivity index (χ2v) is 5.66. The molecule has 3 nitrogen and oxygen atoms in total. The van der Waals surface area contributed by atoms with Gasteiger partial charge in [0.15, 0.2) is 0 Å². The second kappa shape index (κ2) is 6.40. The molecule has 0 amide bonds. The molecule has 0 aliphatic heterocycles. The molecule has 0 bridgehead atoms. The Morgan fingerprint density at radius 3 is 2.74 bits per heavy atom. The Morgan fingerprint density at radius 1 is 1.32 bits per heavy atom. The smallest absolute Gasteiger partial charge is 0.119 e. The maximum absolute atomic E-state index is 10.5. The highest BCUT2D eigenvalue weighted by atomic mass is 16.5. The van der Waals surface area contributed by atoms with E-state index in [0.717, 1.165) is 31.4 Å². The highest BCUT2D eigenvalue weighted by Gasteiger charge is 2.29. The van der Waals surface area contributed by atoms with Gasteiger partial charge in [-0.25, -0.2) is 0 Å². The third-order valence-electron chi connectivity index (χ3n) is 4.12. The molecule has 1 aromatic carbocycles. The van der Waals surface area contributed by atoms with Gasteiger partial charge in [-0.3, -0.25) is 0 Å². The number of hydrogen-bond acceptors (Lipinski definition) is 3. The van der Waals surface area contributed by atoms with Crippen LogP contribution in [0.4, 0.5) is 0 Å². The first-order valence-electron chi connectivity index (χ1n) is 7.23. The lowest BCUT2D eigenvalue weighted by atomic mass is 9.84. The quantitative estimate of drug-likeness (QED) is 0.858. The van der Waals surface area contributed by atoms with Crippen LogP contribution >= 0.6 is 0 Å². The first-order chi connectivity index (χ1) is 9.13. The van der Waals surface area contributed by atoms with E-state index in [4.69, 9.17) is 4.74 Å². The Morgan fingerprint density at radius 2 is 2.05 bits per heavy atom. The summed E-state index contributed by atoms with van der Waals surface area (Å²) in [6, 6.07) is 8.31. The Labute approximate surface area is 116 Å². The lowest BCUT2D eigenvalue weighted by molar-refractivity contribution is 0.00300. The van der Waals surface area contributed by atoms with Gasteiger partial charge in [0.1, 0.15) is 5.75 Å². The summed E-state index contributed by atoms with van der Waals surface area (Å²) in [5.41, 5.74) is 0.685. The normalized spacial score (nSPS) is 19.9. The van der Waals surface area contributed by atoms with Crippen molar-refractivity contribution in [2.45, 2.75) is 50.7 Å². The molecule has 0 saturated heterocycles. The summed E-state index contributed by atoms with van der Waals surface area (Å²) in [6.45, 7) is 2.80. The third kappa shape index (κ3) is 3.95. The molecular weight excluding hydrogens is 238 g/mol. The van der Waals surface area contributed by atoms with Gasteiger partial charge in [-0.05, 0) is 37.5 Å². The van der Waals surface area contributed by atoms with Crippen molar-refractivity contribution in [3.05, 3.63) is 29.8 Å². The number of hydrogen-bond donors (Lipinski definition) is 2. The van der Waals surface area contributed by atoms with Gasteiger partial charge in [0.05, 0.1) is 12.7 Å². The van der Waals surface area contributed by atoms with Crippen molar-refractivity contribution < 1.29 is 9.84 Å². The summed E-state index contributed by atoms with van der Waals surface area (Å²) >= 11 is 0. The van der Waals surface area contributed by atoms with Gasteiger partial charge in [-0.15, -0.1) is 0 Å². The first-order valence-corrected chi connectivity index (χ1v) is 7.23. The van der Waals surface area contributed by atoms with Crippen LogP contribution in [0.5, 0.6) is 5.75 Å². The molecule has 0 spiro atoms. The summed E-state index contributed by atoms with van der Waals surface area (Å²) in [5.74, 6) is 0.877. The highest BCUT2D eigenvalue weighted by molar-refractivity contribution is 5.30. The topological polar surface area (TPSA) is 41.5 Å². The van der Waals surface area contributed by atoms with Crippen molar-refractivity contribution in [2.24, 2.45) is 0 Å². The monoisotopic (exact) mass is 263 g/mol. The molecule has 0 aromatic heterocycles. The van der Waals surface area contributed by atoms with Crippen molar-refractivity contribution in [2.75, 3.05) is 13.7 Å². The second-order valence-electron chi connectivity index (χ2n) is 5.66. The molecule has 1 aliphatic carbocycles. The van der Waals surface area contributed by atoms with Crippen molar-refractivity contribution >= 4 is 0 Å². The van der Waals surface area contributed by atoms with E-state index in [-0.39, 0.29) is 6.04 Å². The minimum atomic E-state index is -0.509. The van der Waals surface area contributed by atoms with Gasteiger partial charge in [0, 0.05) is 12.6 Å². The van der Waals surface area contributed by atoms with Gasteiger partial charge >= 0.3 is 0 Å². The summed E-state index contributed by atoms with van der Waals surface area (Å²) < 4.78 is 5.24. The van der Waals surface area contributed by atoms with E-state index in [9.17, 15) is 5.11 Å². The van der Waals surface area contributed by atoms with Crippen LogP contribution < -0.4 is 10.1 Å². The Bertz CT molecular complexity index is 399. The third-order valence-corrected chi connectivity index (χ3v) is 4.12. The van der Waals surface area contributed by atoms with E-state index in [1.54, 1.807) is 7.11 Å². The van der Waals surface area contributed by atoms with Crippen LogP contribution in [0.25, 0.3) is 0 Å². The minimum Gasteiger partial charge on any atom is -0.497 e. The standard InChI is InChI=1S/C16H25NO2/c1-13(14-7-6-8-15(11-14)19-2)17-12-16(18)9-4-3-5-10-16/h6-8,11,13,17-18H,3-5,9-10,12H2,1-2H3/t13-/m1/s1. The summed E-state index contributed by atoms with van der Waals surface area (Å²) in [6.07, 6.45) is 5.39. The van der Waals surface area contributed by atoms with Crippen LogP contribution in [0, 0.1) is 0 Å². The van der Waals surface area contributed by atoms with E-state index in [0.29, 0.717) is 6.54 Å². The number of nitrogens with one attached hydrogen (secondary N) is 1. The van der Waals surface area contributed by atoms with Crippen molar-refractivity contribution in [1.29, 1.82) is 0 Å². The van der Waals surface area contributed by atoms with E-state index >= 15 is 0 Å². The molecule has 1 atom stereocenters. The molecule has 106 valence electrons. The maximum Gasteiger partial charge on any atom is 0.119 e. The van der Waals surface area contributed by atoms with E-state index in [1.165, 1.54) is 12.0 Å². The largest absolute Gasteiger partial charge is 0.497 e. The molecule has 3 heteroatoms. The fourth-order valence-corrected chi connectivity index (χ4v) is 2.76. The molecular formula is C16H25NO2. The van der Waals surface area contributed by atoms with E-state index in [2.05, 4.69) is 18.3 Å². The number of rotatable bonds is 5. The number of ether oxygens (including phenoxy) is 1. The molecule has 19 heavy (non-hydrogen) atoms. The molecule has 1 fully saturated rings. The molecule has 0 heterocycles. The number of benzene rings is 1. The molecule has 1 saturated carbocycles. The van der Waals surface area contributed by atoms with E-state index in [1.807, 2.05) is 18.2 Å². The van der Waals surface area contributed by atoms with Crippen LogP contribution in [0.1, 0.15) is 50.6 Å². The summed E-state index contributed by atoms with van der Waals surface area (Å²) in [5, 5.41) is 13.9. The lowest BCUT2D eigenvalue weighted by Crippen LogP contribution is -2.42. The predicted octanol–water partition coefficient (Wildman–Crippen LogP) is 3.04. The zero-order valence-electron chi connectivity index (χ0n) is 12.0. The number of methoxy groups -OCH3 is 1. The summed E-state index contributed by atoms with van der Waals surface area (Å²) in [4.78, 5) is 0. The Hall–Kier alpha value is -1.06. The van der Waals surface area contributed by atoms with Crippen molar-refractivity contribution in [1.82, 2.24) is 5.32 Å².